The molecular formula is C25H38O5. The summed E-state index contributed by atoms with van der Waals surface area (Å²) in [6, 6.07) is 0. The zero-order valence-corrected chi connectivity index (χ0v) is 19.3. The quantitative estimate of drug-likeness (QED) is 0.537. The Morgan fingerprint density at radius 2 is 1.70 bits per heavy atom. The van der Waals surface area contributed by atoms with Crippen molar-refractivity contribution in [2.45, 2.75) is 97.7 Å². The molecule has 7 atom stereocenters. The van der Waals surface area contributed by atoms with Crippen molar-refractivity contribution in [2.75, 3.05) is 6.61 Å². The Hall–Kier alpha value is -1.36. The van der Waals surface area contributed by atoms with Crippen LogP contribution in [0.25, 0.3) is 0 Å². The van der Waals surface area contributed by atoms with Gasteiger partial charge >= 0.3 is 11.9 Å². The van der Waals surface area contributed by atoms with E-state index in [1.165, 1.54) is 19.4 Å². The van der Waals surface area contributed by atoms with Gasteiger partial charge in [-0.25, -0.2) is 0 Å². The monoisotopic (exact) mass is 418 g/mol. The number of aliphatic hydroxyl groups is 1. The third-order valence-electron chi connectivity index (χ3n) is 9.75. The molecule has 3 fully saturated rings. The first-order chi connectivity index (χ1) is 14.0. The largest absolute Gasteiger partial charge is 0.465 e. The number of ether oxygens (including phenoxy) is 2. The van der Waals surface area contributed by atoms with Gasteiger partial charge in [-0.2, -0.15) is 0 Å². The Kier molecular flexibility index (Phi) is 5.36. The lowest BCUT2D eigenvalue weighted by Crippen LogP contribution is -2.57. The normalized spacial score (nSPS) is 45.3. The number of aliphatic hydroxyl groups excluding tert-OH is 1. The molecule has 30 heavy (non-hydrogen) atoms. The van der Waals surface area contributed by atoms with Crippen LogP contribution in [-0.2, 0) is 19.1 Å². The van der Waals surface area contributed by atoms with Gasteiger partial charge in [-0.1, -0.05) is 12.5 Å². The van der Waals surface area contributed by atoms with Crippen molar-refractivity contribution in [1.82, 2.24) is 0 Å². The molecule has 0 amide bonds. The van der Waals surface area contributed by atoms with E-state index in [1.54, 1.807) is 0 Å². The van der Waals surface area contributed by atoms with Crippen LogP contribution in [0.2, 0.25) is 0 Å². The van der Waals surface area contributed by atoms with E-state index in [0.29, 0.717) is 24.4 Å². The van der Waals surface area contributed by atoms with E-state index >= 15 is 0 Å². The van der Waals surface area contributed by atoms with Crippen molar-refractivity contribution >= 4 is 11.9 Å². The summed E-state index contributed by atoms with van der Waals surface area (Å²) in [5.74, 6) is 1.12. The lowest BCUT2D eigenvalue weighted by Gasteiger charge is -2.60. The van der Waals surface area contributed by atoms with Gasteiger partial charge < -0.3 is 14.6 Å². The summed E-state index contributed by atoms with van der Waals surface area (Å²) < 4.78 is 11.6. The topological polar surface area (TPSA) is 72.8 Å². The molecular weight excluding hydrogens is 380 g/mol. The minimum Gasteiger partial charge on any atom is -0.465 e. The van der Waals surface area contributed by atoms with Gasteiger partial charge in [0.1, 0.15) is 12.2 Å². The second kappa shape index (κ2) is 7.36. The van der Waals surface area contributed by atoms with Crippen LogP contribution in [0.5, 0.6) is 0 Å². The molecule has 0 spiro atoms. The smallest absolute Gasteiger partial charge is 0.303 e. The number of rotatable bonds is 3. The Morgan fingerprint density at radius 1 is 1.00 bits per heavy atom. The highest BCUT2D eigenvalue weighted by Crippen LogP contribution is 2.68. The van der Waals surface area contributed by atoms with Crippen molar-refractivity contribution in [3.63, 3.8) is 0 Å². The second-order valence-electron chi connectivity index (χ2n) is 10.9. The van der Waals surface area contributed by atoms with Gasteiger partial charge in [-0.05, 0) is 88.5 Å². The maximum Gasteiger partial charge on any atom is 0.303 e. The number of carbonyl (C=O) groups excluding carboxylic acids is 2. The number of carbonyl (C=O) groups is 2. The number of fused-ring (bicyclic) bond motifs is 5. The molecule has 0 radical (unpaired) electrons. The summed E-state index contributed by atoms with van der Waals surface area (Å²) in [4.78, 5) is 23.6. The summed E-state index contributed by atoms with van der Waals surface area (Å²) in [6.45, 7) is 10.00. The van der Waals surface area contributed by atoms with E-state index in [4.69, 9.17) is 9.47 Å². The van der Waals surface area contributed by atoms with Crippen LogP contribution in [0.4, 0.5) is 0 Å². The van der Waals surface area contributed by atoms with Gasteiger partial charge in [-0.15, -0.1) is 0 Å². The summed E-state index contributed by atoms with van der Waals surface area (Å²) in [5, 5.41) is 10.5. The maximum atomic E-state index is 11.9. The van der Waals surface area contributed by atoms with E-state index in [1.807, 2.05) is 0 Å². The zero-order chi connectivity index (χ0) is 21.9. The third-order valence-corrected chi connectivity index (χ3v) is 9.75. The molecule has 5 nitrogen and oxygen atoms in total. The van der Waals surface area contributed by atoms with Crippen molar-refractivity contribution in [3.05, 3.63) is 11.1 Å². The first-order valence-corrected chi connectivity index (χ1v) is 11.8. The standard InChI is InChI=1S/C25H38O5/c1-15-19-7-6-18-20-9-12-24(5,30-17(3)27)23(20,4)11-8-21(18)25(19,13-10-22(15)28)14-29-16(2)26/h18,20-22,28H,6-14H2,1-5H3/t18-,20-,21-,22-,23-,24-,25+/m0/s1. The van der Waals surface area contributed by atoms with Crippen LogP contribution in [0.1, 0.15) is 86.0 Å². The average Bonchev–Trinajstić information content (AvgIpc) is 2.93. The summed E-state index contributed by atoms with van der Waals surface area (Å²) in [7, 11) is 0. The lowest BCUT2D eigenvalue weighted by molar-refractivity contribution is -0.180. The highest BCUT2D eigenvalue weighted by atomic mass is 16.6. The van der Waals surface area contributed by atoms with Crippen LogP contribution in [0.3, 0.4) is 0 Å². The van der Waals surface area contributed by atoms with E-state index in [0.717, 1.165) is 56.9 Å². The summed E-state index contributed by atoms with van der Waals surface area (Å²) in [5.41, 5.74) is 1.92. The molecule has 3 saturated carbocycles. The molecule has 0 aromatic rings. The molecule has 0 saturated heterocycles. The Morgan fingerprint density at radius 3 is 2.37 bits per heavy atom. The van der Waals surface area contributed by atoms with Crippen molar-refractivity contribution in [3.8, 4) is 0 Å². The lowest BCUT2D eigenvalue weighted by atomic mass is 9.45. The maximum absolute atomic E-state index is 11.9. The predicted octanol–water partition coefficient (Wildman–Crippen LogP) is 4.57. The third kappa shape index (κ3) is 3.06. The first kappa shape index (κ1) is 21.9. The SMILES string of the molecule is CC(=O)OC[C@]12CC[C@H](O)C(C)=C1CC[C@@H]1[C@@H]2CC[C@@]2(C)[C@H]1CC[C@]2(C)OC(C)=O. The molecule has 4 rings (SSSR count). The van der Waals surface area contributed by atoms with E-state index in [2.05, 4.69) is 20.8 Å². The molecule has 0 unspecified atom stereocenters. The fourth-order valence-electron chi connectivity index (χ4n) is 8.11. The van der Waals surface area contributed by atoms with Gasteiger partial charge in [0.05, 0.1) is 6.10 Å². The van der Waals surface area contributed by atoms with Gasteiger partial charge in [-0.3, -0.25) is 9.59 Å². The van der Waals surface area contributed by atoms with Crippen LogP contribution < -0.4 is 0 Å². The molecule has 1 N–H and O–H groups in total. The molecule has 4 aliphatic carbocycles. The molecule has 0 aromatic heterocycles. The molecule has 0 aliphatic heterocycles. The van der Waals surface area contributed by atoms with Crippen LogP contribution in [0.15, 0.2) is 11.1 Å². The van der Waals surface area contributed by atoms with Gasteiger partial charge in [0.15, 0.2) is 0 Å². The second-order valence-corrected chi connectivity index (χ2v) is 10.9. The Labute approximate surface area is 180 Å². The van der Waals surface area contributed by atoms with Gasteiger partial charge in [0.25, 0.3) is 0 Å². The van der Waals surface area contributed by atoms with E-state index in [-0.39, 0.29) is 28.9 Å². The van der Waals surface area contributed by atoms with Crippen LogP contribution in [0, 0.1) is 28.6 Å². The van der Waals surface area contributed by atoms with Crippen LogP contribution in [-0.4, -0.2) is 35.4 Å². The van der Waals surface area contributed by atoms with Crippen LogP contribution >= 0.6 is 0 Å². The molecule has 0 aromatic carbocycles. The summed E-state index contributed by atoms with van der Waals surface area (Å²) in [6.07, 6.45) is 7.45. The van der Waals surface area contributed by atoms with Crippen molar-refractivity contribution in [2.24, 2.45) is 28.6 Å². The number of esters is 2. The molecule has 0 heterocycles. The predicted molar refractivity (Wildman–Crippen MR) is 113 cm³/mol. The Balaban J connectivity index is 1.70. The zero-order valence-electron chi connectivity index (χ0n) is 19.3. The summed E-state index contributed by atoms with van der Waals surface area (Å²) >= 11 is 0. The van der Waals surface area contributed by atoms with Gasteiger partial charge in [0.2, 0.25) is 0 Å². The van der Waals surface area contributed by atoms with Crippen molar-refractivity contribution in [1.29, 1.82) is 0 Å². The molecule has 5 heteroatoms. The first-order valence-electron chi connectivity index (χ1n) is 11.8. The average molecular weight is 419 g/mol. The van der Waals surface area contributed by atoms with E-state index in [9.17, 15) is 14.7 Å². The molecule has 4 aliphatic rings. The minimum absolute atomic E-state index is 0.00704. The number of hydrogen-bond acceptors (Lipinski definition) is 5. The minimum atomic E-state index is -0.397. The fourth-order valence-corrected chi connectivity index (χ4v) is 8.11. The fraction of sp³-hybridized carbons (Fsp3) is 0.840. The van der Waals surface area contributed by atoms with E-state index < -0.39 is 5.60 Å². The number of hydrogen-bond donors (Lipinski definition) is 1. The highest BCUT2D eigenvalue weighted by molar-refractivity contribution is 5.67. The van der Waals surface area contributed by atoms with Crippen molar-refractivity contribution < 1.29 is 24.2 Å². The molecule has 0 bridgehead atoms. The molecule has 168 valence electrons. The van der Waals surface area contributed by atoms with Gasteiger partial charge in [0, 0.05) is 24.7 Å². The highest BCUT2D eigenvalue weighted by Gasteiger charge is 2.65. The Bertz CT molecular complexity index is 772.